The Labute approximate surface area is 118 Å². The molecule has 1 rings (SSSR count). The van der Waals surface area contributed by atoms with Crippen molar-refractivity contribution >= 4 is 6.09 Å². The summed E-state index contributed by atoms with van der Waals surface area (Å²) < 4.78 is 9.74. The maximum atomic E-state index is 11.5. The fourth-order valence-corrected chi connectivity index (χ4v) is 1.94. The molecule has 20 heavy (non-hydrogen) atoms. The molecule has 0 saturated heterocycles. The first-order valence-electron chi connectivity index (χ1n) is 7.13. The number of alkyl carbamates (subject to hydrolysis) is 1. The van der Waals surface area contributed by atoms with Crippen LogP contribution in [-0.4, -0.2) is 28.9 Å². The van der Waals surface area contributed by atoms with Gasteiger partial charge in [0.2, 0.25) is 5.89 Å². The molecule has 114 valence electrons. The molecule has 0 spiro atoms. The maximum absolute atomic E-state index is 11.5. The molecule has 0 aliphatic rings. The van der Waals surface area contributed by atoms with Crippen LogP contribution in [0.2, 0.25) is 0 Å². The van der Waals surface area contributed by atoms with E-state index in [-0.39, 0.29) is 6.04 Å². The Kier molecular flexibility index (Phi) is 7.46. The summed E-state index contributed by atoms with van der Waals surface area (Å²) in [6.07, 6.45) is 5.17. The molecular formula is C13H23N3O4. The lowest BCUT2D eigenvalue weighted by Gasteiger charge is -2.16. The molecule has 0 radical (unpaired) electrons. The standard InChI is InChI=1S/C13H23N3O4/c1-3-5-6-7-8-10(14-12(17)19-4-2)9-11-15-16-13(18)20-11/h10H,3-9H2,1-2H3,(H,14,17)(H,16,18). The number of hydrogen-bond donors (Lipinski definition) is 2. The minimum Gasteiger partial charge on any atom is -0.450 e. The van der Waals surface area contributed by atoms with Crippen LogP contribution in [0.4, 0.5) is 4.79 Å². The second-order valence-electron chi connectivity index (χ2n) is 4.62. The predicted octanol–water partition coefficient (Wildman–Crippen LogP) is 1.99. The van der Waals surface area contributed by atoms with Crippen LogP contribution < -0.4 is 11.1 Å². The van der Waals surface area contributed by atoms with Gasteiger partial charge in [0.25, 0.3) is 0 Å². The third-order valence-electron chi connectivity index (χ3n) is 2.91. The van der Waals surface area contributed by atoms with E-state index in [1.165, 1.54) is 6.42 Å². The van der Waals surface area contributed by atoms with E-state index in [1.807, 2.05) is 0 Å². The van der Waals surface area contributed by atoms with Crippen LogP contribution in [0.3, 0.4) is 0 Å². The Morgan fingerprint density at radius 2 is 2.20 bits per heavy atom. The highest BCUT2D eigenvalue weighted by Crippen LogP contribution is 2.09. The van der Waals surface area contributed by atoms with Crippen molar-refractivity contribution in [3.05, 3.63) is 16.4 Å². The second-order valence-corrected chi connectivity index (χ2v) is 4.62. The summed E-state index contributed by atoms with van der Waals surface area (Å²) in [7, 11) is 0. The number of unbranched alkanes of at least 4 members (excludes halogenated alkanes) is 3. The Hall–Kier alpha value is -1.79. The van der Waals surface area contributed by atoms with Crippen LogP contribution in [0.5, 0.6) is 0 Å². The van der Waals surface area contributed by atoms with E-state index in [0.717, 1.165) is 25.7 Å². The van der Waals surface area contributed by atoms with E-state index >= 15 is 0 Å². The number of aromatic nitrogens is 2. The first-order valence-corrected chi connectivity index (χ1v) is 7.13. The number of hydrogen-bond acceptors (Lipinski definition) is 5. The monoisotopic (exact) mass is 285 g/mol. The summed E-state index contributed by atoms with van der Waals surface area (Å²) in [6, 6.07) is -0.141. The average Bonchev–Trinajstić information content (AvgIpc) is 2.80. The first-order chi connectivity index (χ1) is 9.65. The van der Waals surface area contributed by atoms with Crippen molar-refractivity contribution in [2.45, 2.75) is 58.4 Å². The number of amides is 1. The summed E-state index contributed by atoms with van der Waals surface area (Å²) in [4.78, 5) is 22.4. The van der Waals surface area contributed by atoms with E-state index < -0.39 is 11.8 Å². The van der Waals surface area contributed by atoms with Gasteiger partial charge in [0.1, 0.15) is 0 Å². The maximum Gasteiger partial charge on any atom is 0.434 e. The summed E-state index contributed by atoms with van der Waals surface area (Å²) in [5, 5.41) is 8.75. The van der Waals surface area contributed by atoms with E-state index in [9.17, 15) is 9.59 Å². The Bertz CT molecular complexity index is 441. The van der Waals surface area contributed by atoms with Crippen molar-refractivity contribution in [1.82, 2.24) is 15.5 Å². The Morgan fingerprint density at radius 3 is 2.80 bits per heavy atom. The van der Waals surface area contributed by atoms with Crippen molar-refractivity contribution < 1.29 is 13.9 Å². The van der Waals surface area contributed by atoms with Crippen molar-refractivity contribution in [3.63, 3.8) is 0 Å². The molecule has 1 aromatic rings. The molecular weight excluding hydrogens is 262 g/mol. The molecule has 1 unspecified atom stereocenters. The van der Waals surface area contributed by atoms with Gasteiger partial charge >= 0.3 is 11.8 Å². The van der Waals surface area contributed by atoms with E-state index in [2.05, 4.69) is 22.4 Å². The SMILES string of the molecule is CCCCCCC(Cc1n[nH]c(=O)o1)NC(=O)OCC. The smallest absolute Gasteiger partial charge is 0.434 e. The van der Waals surface area contributed by atoms with Gasteiger partial charge in [-0.15, -0.1) is 5.10 Å². The highest BCUT2D eigenvalue weighted by Gasteiger charge is 2.16. The molecule has 1 heterocycles. The Balaban J connectivity index is 2.49. The molecule has 1 amide bonds. The number of carbonyl (C=O) groups is 1. The molecule has 0 saturated carbocycles. The van der Waals surface area contributed by atoms with Crippen LogP contribution >= 0.6 is 0 Å². The van der Waals surface area contributed by atoms with Gasteiger partial charge in [0.15, 0.2) is 0 Å². The number of H-pyrrole nitrogens is 1. The number of rotatable bonds is 9. The summed E-state index contributed by atoms with van der Waals surface area (Å²) in [6.45, 7) is 4.22. The zero-order chi connectivity index (χ0) is 14.8. The van der Waals surface area contributed by atoms with Gasteiger partial charge in [0, 0.05) is 12.5 Å². The molecule has 0 fully saturated rings. The van der Waals surface area contributed by atoms with E-state index in [4.69, 9.17) is 9.15 Å². The summed E-state index contributed by atoms with van der Waals surface area (Å²) in [5.74, 6) is -0.284. The average molecular weight is 285 g/mol. The first kappa shape index (κ1) is 16.3. The van der Waals surface area contributed by atoms with Crippen molar-refractivity contribution in [1.29, 1.82) is 0 Å². The van der Waals surface area contributed by atoms with Gasteiger partial charge in [-0.3, -0.25) is 0 Å². The van der Waals surface area contributed by atoms with Crippen LogP contribution in [0, 0.1) is 0 Å². The summed E-state index contributed by atoms with van der Waals surface area (Å²) >= 11 is 0. The molecule has 7 nitrogen and oxygen atoms in total. The lowest BCUT2D eigenvalue weighted by atomic mass is 10.0. The van der Waals surface area contributed by atoms with Gasteiger partial charge in [-0.25, -0.2) is 14.7 Å². The normalized spacial score (nSPS) is 12.1. The minimum atomic E-state index is -0.583. The van der Waals surface area contributed by atoms with Gasteiger partial charge in [-0.05, 0) is 13.3 Å². The number of nitrogens with zero attached hydrogens (tertiary/aromatic N) is 1. The van der Waals surface area contributed by atoms with Gasteiger partial charge in [-0.1, -0.05) is 32.6 Å². The van der Waals surface area contributed by atoms with Crippen molar-refractivity contribution in [2.75, 3.05) is 6.61 Å². The number of ether oxygens (including phenoxy) is 1. The Morgan fingerprint density at radius 1 is 1.40 bits per heavy atom. The molecule has 2 N–H and O–H groups in total. The largest absolute Gasteiger partial charge is 0.450 e. The zero-order valence-electron chi connectivity index (χ0n) is 12.1. The van der Waals surface area contributed by atoms with Crippen LogP contribution in [0.15, 0.2) is 9.21 Å². The van der Waals surface area contributed by atoms with E-state index in [0.29, 0.717) is 18.9 Å². The second kappa shape index (κ2) is 9.17. The predicted molar refractivity (Wildman–Crippen MR) is 73.5 cm³/mol. The molecule has 0 aromatic carbocycles. The lowest BCUT2D eigenvalue weighted by Crippen LogP contribution is -2.37. The van der Waals surface area contributed by atoms with E-state index in [1.54, 1.807) is 6.92 Å². The van der Waals surface area contributed by atoms with Gasteiger partial charge < -0.3 is 14.5 Å². The minimum absolute atomic E-state index is 0.141. The highest BCUT2D eigenvalue weighted by molar-refractivity contribution is 5.67. The van der Waals surface area contributed by atoms with Crippen LogP contribution in [0.25, 0.3) is 0 Å². The molecule has 1 atom stereocenters. The topological polar surface area (TPSA) is 97.2 Å². The lowest BCUT2D eigenvalue weighted by molar-refractivity contribution is 0.146. The van der Waals surface area contributed by atoms with Crippen LogP contribution in [0.1, 0.15) is 51.8 Å². The number of aromatic amines is 1. The fourth-order valence-electron chi connectivity index (χ4n) is 1.94. The van der Waals surface area contributed by atoms with Crippen molar-refractivity contribution in [3.8, 4) is 0 Å². The molecule has 0 bridgehead atoms. The third-order valence-corrected chi connectivity index (χ3v) is 2.91. The molecule has 0 aliphatic carbocycles. The number of nitrogens with one attached hydrogen (secondary N) is 2. The van der Waals surface area contributed by atoms with Gasteiger partial charge in [-0.2, -0.15) is 0 Å². The third kappa shape index (κ3) is 6.40. The molecule has 0 aliphatic heterocycles. The highest BCUT2D eigenvalue weighted by atomic mass is 16.5. The quantitative estimate of drug-likeness (QED) is 0.676. The van der Waals surface area contributed by atoms with Crippen LogP contribution in [-0.2, 0) is 11.2 Å². The number of carbonyl (C=O) groups excluding carboxylic acids is 1. The zero-order valence-corrected chi connectivity index (χ0v) is 12.1. The molecule has 1 aromatic heterocycles. The fraction of sp³-hybridized carbons (Fsp3) is 0.769. The van der Waals surface area contributed by atoms with Crippen molar-refractivity contribution in [2.24, 2.45) is 0 Å². The molecule has 7 heteroatoms. The summed E-state index contributed by atoms with van der Waals surface area (Å²) in [5.41, 5.74) is 0. The van der Waals surface area contributed by atoms with Gasteiger partial charge in [0.05, 0.1) is 6.61 Å².